The summed E-state index contributed by atoms with van der Waals surface area (Å²) in [4.78, 5) is 12.9. The Bertz CT molecular complexity index is 679. The molecule has 0 aliphatic heterocycles. The van der Waals surface area contributed by atoms with Crippen LogP contribution in [0.5, 0.6) is 0 Å². The second kappa shape index (κ2) is 6.83. The molecule has 0 aliphatic carbocycles. The molecular weight excluding hydrogens is 311 g/mol. The van der Waals surface area contributed by atoms with Crippen molar-refractivity contribution in [3.05, 3.63) is 52.8 Å². The fourth-order valence-corrected chi connectivity index (χ4v) is 2.74. The minimum absolute atomic E-state index is 0.0187. The highest BCUT2D eigenvalue weighted by Crippen LogP contribution is 2.24. The van der Waals surface area contributed by atoms with Gasteiger partial charge in [-0.25, -0.2) is 4.39 Å². The first-order valence-electron chi connectivity index (χ1n) is 6.19. The Hall–Kier alpha value is -1.72. The molecule has 21 heavy (non-hydrogen) atoms. The molecule has 6 heteroatoms. The fourth-order valence-electron chi connectivity index (χ4n) is 1.75. The third-order valence-corrected chi connectivity index (χ3v) is 4.23. The third-order valence-electron chi connectivity index (χ3n) is 2.76. The van der Waals surface area contributed by atoms with E-state index in [9.17, 15) is 9.18 Å². The molecule has 110 valence electrons. The lowest BCUT2D eigenvalue weighted by molar-refractivity contribution is -0.113. The molecule has 0 spiro atoms. The lowest BCUT2D eigenvalue weighted by atomic mass is 10.2. The molecule has 0 aromatic heterocycles. The van der Waals surface area contributed by atoms with E-state index in [1.807, 2.05) is 19.1 Å². The van der Waals surface area contributed by atoms with Crippen LogP contribution in [-0.4, -0.2) is 11.7 Å². The van der Waals surface area contributed by atoms with Crippen LogP contribution in [-0.2, 0) is 4.79 Å². The number of carbonyl (C=O) groups is 1. The Morgan fingerprint density at radius 3 is 2.76 bits per heavy atom. The van der Waals surface area contributed by atoms with Crippen LogP contribution in [0.25, 0.3) is 0 Å². The van der Waals surface area contributed by atoms with E-state index in [1.165, 1.54) is 30.0 Å². The maximum atomic E-state index is 13.0. The van der Waals surface area contributed by atoms with Gasteiger partial charge in [-0.3, -0.25) is 4.79 Å². The Kier molecular flexibility index (Phi) is 5.09. The maximum absolute atomic E-state index is 13.0. The van der Waals surface area contributed by atoms with E-state index in [0.717, 1.165) is 10.5 Å². The second-order valence-electron chi connectivity index (χ2n) is 4.49. The lowest BCUT2D eigenvalue weighted by Crippen LogP contribution is -2.14. The molecule has 1 amide bonds. The van der Waals surface area contributed by atoms with Gasteiger partial charge in [-0.2, -0.15) is 0 Å². The number of benzene rings is 2. The van der Waals surface area contributed by atoms with Crippen molar-refractivity contribution in [1.82, 2.24) is 0 Å². The molecule has 3 N–H and O–H groups in total. The van der Waals surface area contributed by atoms with Gasteiger partial charge in [0.05, 0.1) is 10.8 Å². The number of halogens is 2. The monoisotopic (exact) mass is 324 g/mol. The Morgan fingerprint density at radius 2 is 2.10 bits per heavy atom. The van der Waals surface area contributed by atoms with Crippen molar-refractivity contribution in [1.29, 1.82) is 0 Å². The molecule has 0 aliphatic rings. The summed E-state index contributed by atoms with van der Waals surface area (Å²) in [5, 5.41) is 2.66. The number of aryl methyl sites for hydroxylation is 1. The number of carbonyl (C=O) groups excluding carboxylic acids is 1. The Balaban J connectivity index is 1.94. The Morgan fingerprint density at radius 1 is 1.33 bits per heavy atom. The van der Waals surface area contributed by atoms with Gasteiger partial charge in [0.15, 0.2) is 0 Å². The average molecular weight is 325 g/mol. The molecule has 3 nitrogen and oxygen atoms in total. The number of nitrogen functional groups attached to an aromatic ring is 1. The van der Waals surface area contributed by atoms with E-state index in [1.54, 1.807) is 6.07 Å². The van der Waals surface area contributed by atoms with Crippen LogP contribution in [0.2, 0.25) is 5.02 Å². The van der Waals surface area contributed by atoms with Crippen molar-refractivity contribution in [3.8, 4) is 0 Å². The molecule has 2 rings (SSSR count). The average Bonchev–Trinajstić information content (AvgIpc) is 2.42. The SMILES string of the molecule is Cc1cc(N)ccc1SCC(=O)Nc1ccc(F)c(Cl)c1. The van der Waals surface area contributed by atoms with Crippen LogP contribution in [0, 0.1) is 12.7 Å². The normalized spacial score (nSPS) is 10.4. The largest absolute Gasteiger partial charge is 0.399 e. The number of thioether (sulfide) groups is 1. The number of rotatable bonds is 4. The molecular formula is C15H14ClFN2OS. The van der Waals surface area contributed by atoms with Gasteiger partial charge in [-0.15, -0.1) is 11.8 Å². The van der Waals surface area contributed by atoms with Gasteiger partial charge in [0.2, 0.25) is 5.91 Å². The van der Waals surface area contributed by atoms with Gasteiger partial charge in [0, 0.05) is 16.3 Å². The minimum Gasteiger partial charge on any atom is -0.399 e. The van der Waals surface area contributed by atoms with Gasteiger partial charge in [-0.05, 0) is 48.9 Å². The van der Waals surface area contributed by atoms with Crippen molar-refractivity contribution in [2.75, 3.05) is 16.8 Å². The summed E-state index contributed by atoms with van der Waals surface area (Å²) >= 11 is 7.08. The number of hydrogen-bond acceptors (Lipinski definition) is 3. The smallest absolute Gasteiger partial charge is 0.234 e. The summed E-state index contributed by atoms with van der Waals surface area (Å²) in [6, 6.07) is 9.62. The van der Waals surface area contributed by atoms with E-state index >= 15 is 0 Å². The molecule has 2 aromatic carbocycles. The van der Waals surface area contributed by atoms with E-state index in [4.69, 9.17) is 17.3 Å². The summed E-state index contributed by atoms with van der Waals surface area (Å²) in [7, 11) is 0. The predicted octanol–water partition coefficient (Wildman–Crippen LogP) is 4.10. The summed E-state index contributed by atoms with van der Waals surface area (Å²) < 4.78 is 13.0. The maximum Gasteiger partial charge on any atom is 0.234 e. The highest BCUT2D eigenvalue weighted by Gasteiger charge is 2.07. The molecule has 0 bridgehead atoms. The molecule has 0 unspecified atom stereocenters. The zero-order valence-electron chi connectivity index (χ0n) is 11.3. The highest BCUT2D eigenvalue weighted by molar-refractivity contribution is 8.00. The third kappa shape index (κ3) is 4.37. The molecule has 0 heterocycles. The van der Waals surface area contributed by atoms with Crippen molar-refractivity contribution < 1.29 is 9.18 Å². The minimum atomic E-state index is -0.512. The number of nitrogens with one attached hydrogen (secondary N) is 1. The van der Waals surface area contributed by atoms with Crippen molar-refractivity contribution in [2.45, 2.75) is 11.8 Å². The first kappa shape index (κ1) is 15.7. The number of hydrogen-bond donors (Lipinski definition) is 2. The first-order chi connectivity index (χ1) is 9.95. The van der Waals surface area contributed by atoms with Crippen LogP contribution in [0.1, 0.15) is 5.56 Å². The Labute approximate surface area is 131 Å². The standard InChI is InChI=1S/C15H14ClFN2OS/c1-9-6-10(18)2-5-14(9)21-8-15(20)19-11-3-4-13(17)12(16)7-11/h2-7H,8,18H2,1H3,(H,19,20). The fraction of sp³-hybridized carbons (Fsp3) is 0.133. The highest BCUT2D eigenvalue weighted by atomic mass is 35.5. The summed E-state index contributed by atoms with van der Waals surface area (Å²) in [5.41, 5.74) is 7.88. The quantitative estimate of drug-likeness (QED) is 0.657. The number of nitrogens with two attached hydrogens (primary N) is 1. The van der Waals surface area contributed by atoms with Gasteiger partial charge < -0.3 is 11.1 Å². The van der Waals surface area contributed by atoms with Crippen LogP contribution in [0.3, 0.4) is 0 Å². The molecule has 0 fully saturated rings. The summed E-state index contributed by atoms with van der Waals surface area (Å²) in [6.45, 7) is 1.94. The first-order valence-corrected chi connectivity index (χ1v) is 7.56. The summed E-state index contributed by atoms with van der Waals surface area (Å²) in [6.07, 6.45) is 0. The zero-order valence-corrected chi connectivity index (χ0v) is 12.9. The van der Waals surface area contributed by atoms with E-state index in [0.29, 0.717) is 11.4 Å². The lowest BCUT2D eigenvalue weighted by Gasteiger charge is -2.08. The van der Waals surface area contributed by atoms with Gasteiger partial charge in [0.25, 0.3) is 0 Å². The zero-order chi connectivity index (χ0) is 15.4. The van der Waals surface area contributed by atoms with Crippen molar-refractivity contribution in [2.24, 2.45) is 0 Å². The van der Waals surface area contributed by atoms with E-state index in [2.05, 4.69) is 5.32 Å². The van der Waals surface area contributed by atoms with Gasteiger partial charge in [0.1, 0.15) is 5.82 Å². The number of anilines is 2. The van der Waals surface area contributed by atoms with Gasteiger partial charge in [-0.1, -0.05) is 11.6 Å². The van der Waals surface area contributed by atoms with Gasteiger partial charge >= 0.3 is 0 Å². The summed E-state index contributed by atoms with van der Waals surface area (Å²) in [5.74, 6) is -0.444. The van der Waals surface area contributed by atoms with Crippen molar-refractivity contribution in [3.63, 3.8) is 0 Å². The molecule has 0 radical (unpaired) electrons. The van der Waals surface area contributed by atoms with Crippen LogP contribution in [0.4, 0.5) is 15.8 Å². The molecule has 0 saturated heterocycles. The second-order valence-corrected chi connectivity index (χ2v) is 5.92. The van der Waals surface area contributed by atoms with E-state index < -0.39 is 5.82 Å². The van der Waals surface area contributed by atoms with Crippen LogP contribution >= 0.6 is 23.4 Å². The van der Waals surface area contributed by atoms with E-state index in [-0.39, 0.29) is 16.7 Å². The van der Waals surface area contributed by atoms with Crippen LogP contribution < -0.4 is 11.1 Å². The predicted molar refractivity (Wildman–Crippen MR) is 86.4 cm³/mol. The molecule has 0 atom stereocenters. The van der Waals surface area contributed by atoms with Crippen LogP contribution in [0.15, 0.2) is 41.3 Å². The number of amides is 1. The molecule has 0 saturated carbocycles. The molecule has 2 aromatic rings. The topological polar surface area (TPSA) is 55.1 Å². The van der Waals surface area contributed by atoms with Crippen molar-refractivity contribution >= 4 is 40.6 Å².